The van der Waals surface area contributed by atoms with Crippen LogP contribution in [-0.2, 0) is 0 Å². The SMILES string of the molecule is CC(C)CC(C)(C)C#CC(C)(C)CC(C)C.CCO.CCO.CO.CO. The molecule has 0 fully saturated rings. The van der Waals surface area contributed by atoms with Crippen molar-refractivity contribution in [2.45, 2.75) is 82.1 Å². The Kier molecular flexibility index (Phi) is 34.1. The van der Waals surface area contributed by atoms with E-state index in [2.05, 4.69) is 67.2 Å². The third-order valence-electron chi connectivity index (χ3n) is 2.58. The molecular formula is C22H50O4. The molecule has 0 aromatic carbocycles. The molecule has 0 rings (SSSR count). The van der Waals surface area contributed by atoms with Crippen molar-refractivity contribution < 1.29 is 20.4 Å². The first-order valence-electron chi connectivity index (χ1n) is 9.52. The molecule has 0 amide bonds. The highest BCUT2D eigenvalue weighted by molar-refractivity contribution is 5.15. The molecule has 4 N–H and O–H groups in total. The first-order valence-corrected chi connectivity index (χ1v) is 9.52. The van der Waals surface area contributed by atoms with Gasteiger partial charge >= 0.3 is 0 Å². The Morgan fingerprint density at radius 2 is 0.769 bits per heavy atom. The van der Waals surface area contributed by atoms with E-state index in [9.17, 15) is 0 Å². The van der Waals surface area contributed by atoms with Gasteiger partial charge < -0.3 is 20.4 Å². The van der Waals surface area contributed by atoms with Crippen LogP contribution in [0.2, 0.25) is 0 Å². The van der Waals surface area contributed by atoms with Crippen molar-refractivity contribution in [2.75, 3.05) is 27.4 Å². The second-order valence-corrected chi connectivity index (χ2v) is 7.85. The van der Waals surface area contributed by atoms with Crippen LogP contribution in [0.5, 0.6) is 0 Å². The summed E-state index contributed by atoms with van der Waals surface area (Å²) in [5, 5.41) is 29.1. The second kappa shape index (κ2) is 24.4. The average Bonchev–Trinajstić information content (AvgIpc) is 2.49. The summed E-state index contributed by atoms with van der Waals surface area (Å²) in [7, 11) is 2.00. The highest BCUT2D eigenvalue weighted by Gasteiger charge is 2.20. The Labute approximate surface area is 165 Å². The van der Waals surface area contributed by atoms with Crippen LogP contribution in [0.3, 0.4) is 0 Å². The van der Waals surface area contributed by atoms with Crippen molar-refractivity contribution in [1.82, 2.24) is 0 Å². The van der Waals surface area contributed by atoms with Crippen molar-refractivity contribution in [3.63, 3.8) is 0 Å². The summed E-state index contributed by atoms with van der Waals surface area (Å²) in [6.45, 7) is 21.9. The van der Waals surface area contributed by atoms with Gasteiger partial charge in [-0.15, -0.1) is 0 Å². The van der Waals surface area contributed by atoms with Crippen LogP contribution in [0.4, 0.5) is 0 Å². The summed E-state index contributed by atoms with van der Waals surface area (Å²) < 4.78 is 0. The van der Waals surface area contributed by atoms with Gasteiger partial charge in [0.25, 0.3) is 0 Å². The van der Waals surface area contributed by atoms with Crippen LogP contribution in [0, 0.1) is 34.5 Å². The van der Waals surface area contributed by atoms with Crippen molar-refractivity contribution in [3.8, 4) is 11.8 Å². The molecule has 0 aliphatic carbocycles. The van der Waals surface area contributed by atoms with Crippen LogP contribution in [0.15, 0.2) is 0 Å². The quantitative estimate of drug-likeness (QED) is 0.548. The molecular weight excluding hydrogens is 328 g/mol. The zero-order chi connectivity index (χ0) is 22.4. The summed E-state index contributed by atoms with van der Waals surface area (Å²) in [6, 6.07) is 0. The molecule has 26 heavy (non-hydrogen) atoms. The Bertz CT molecular complexity index is 269. The maximum atomic E-state index is 7.57. The van der Waals surface area contributed by atoms with E-state index >= 15 is 0 Å². The van der Waals surface area contributed by atoms with E-state index in [0.717, 1.165) is 26.1 Å². The Balaban J connectivity index is -0.000000123. The molecule has 0 aromatic rings. The lowest BCUT2D eigenvalue weighted by molar-refractivity contribution is 0.318. The number of aliphatic hydroxyl groups is 4. The first-order chi connectivity index (χ1) is 11.9. The van der Waals surface area contributed by atoms with Crippen LogP contribution < -0.4 is 0 Å². The molecule has 0 aromatic heterocycles. The minimum Gasteiger partial charge on any atom is -0.400 e. The first kappa shape index (κ1) is 36.3. The summed E-state index contributed by atoms with van der Waals surface area (Å²) in [5.74, 6) is 8.41. The van der Waals surface area contributed by atoms with E-state index in [1.54, 1.807) is 13.8 Å². The molecule has 0 saturated carbocycles. The predicted molar refractivity (Wildman–Crippen MR) is 116 cm³/mol. The van der Waals surface area contributed by atoms with Gasteiger partial charge in [0.05, 0.1) is 0 Å². The molecule has 0 aliphatic rings. The number of rotatable bonds is 4. The van der Waals surface area contributed by atoms with Crippen LogP contribution in [0.25, 0.3) is 0 Å². The van der Waals surface area contributed by atoms with Gasteiger partial charge in [0, 0.05) is 38.3 Å². The molecule has 0 spiro atoms. The summed E-state index contributed by atoms with van der Waals surface area (Å²) in [5.41, 5.74) is 0.310. The van der Waals surface area contributed by atoms with E-state index in [1.807, 2.05) is 0 Å². The molecule has 0 radical (unpaired) electrons. The zero-order valence-corrected chi connectivity index (χ0v) is 19.8. The lowest BCUT2D eigenvalue weighted by Crippen LogP contribution is -2.16. The van der Waals surface area contributed by atoms with Gasteiger partial charge in [-0.1, -0.05) is 39.5 Å². The maximum Gasteiger partial charge on any atom is 0.0402 e. The number of hydrogen-bond donors (Lipinski definition) is 4. The average molecular weight is 379 g/mol. The van der Waals surface area contributed by atoms with E-state index in [4.69, 9.17) is 20.4 Å². The van der Waals surface area contributed by atoms with Gasteiger partial charge in [-0.2, -0.15) is 0 Å². The Hall–Kier alpha value is -0.600. The molecule has 4 heteroatoms. The molecule has 0 heterocycles. The van der Waals surface area contributed by atoms with Crippen molar-refractivity contribution in [1.29, 1.82) is 0 Å². The summed E-state index contributed by atoms with van der Waals surface area (Å²) in [4.78, 5) is 0. The van der Waals surface area contributed by atoms with Crippen molar-refractivity contribution in [2.24, 2.45) is 22.7 Å². The fraction of sp³-hybridized carbons (Fsp3) is 0.909. The molecule has 162 valence electrons. The van der Waals surface area contributed by atoms with E-state index in [-0.39, 0.29) is 24.0 Å². The predicted octanol–water partition coefficient (Wildman–Crippen LogP) is 4.35. The molecule has 0 atom stereocenters. The summed E-state index contributed by atoms with van der Waals surface area (Å²) >= 11 is 0. The van der Waals surface area contributed by atoms with Gasteiger partial charge in [-0.05, 0) is 66.2 Å². The fourth-order valence-corrected chi connectivity index (χ4v) is 2.48. The normalized spacial score (nSPS) is 9.77. The van der Waals surface area contributed by atoms with E-state index in [1.165, 1.54) is 12.8 Å². The third kappa shape index (κ3) is 43.7. The van der Waals surface area contributed by atoms with Crippen LogP contribution in [0.1, 0.15) is 82.1 Å². The number of aliphatic hydroxyl groups excluding tert-OH is 4. The van der Waals surface area contributed by atoms with Gasteiger partial charge in [0.1, 0.15) is 0 Å². The highest BCUT2D eigenvalue weighted by Crippen LogP contribution is 2.28. The van der Waals surface area contributed by atoms with Crippen LogP contribution in [-0.4, -0.2) is 47.9 Å². The lowest BCUT2D eigenvalue weighted by atomic mass is 9.80. The van der Waals surface area contributed by atoms with Gasteiger partial charge in [0.15, 0.2) is 0 Å². The number of hydrogen-bond acceptors (Lipinski definition) is 4. The monoisotopic (exact) mass is 378 g/mol. The third-order valence-corrected chi connectivity index (χ3v) is 2.58. The smallest absolute Gasteiger partial charge is 0.0402 e. The van der Waals surface area contributed by atoms with Gasteiger partial charge in [0.2, 0.25) is 0 Å². The largest absolute Gasteiger partial charge is 0.400 e. The molecule has 0 bridgehead atoms. The lowest BCUT2D eigenvalue weighted by Gasteiger charge is -2.23. The molecule has 4 nitrogen and oxygen atoms in total. The Morgan fingerprint density at radius 3 is 0.885 bits per heavy atom. The molecule has 0 saturated heterocycles. The summed E-state index contributed by atoms with van der Waals surface area (Å²) in [6.07, 6.45) is 2.36. The van der Waals surface area contributed by atoms with Gasteiger partial charge in [-0.25, -0.2) is 0 Å². The minimum atomic E-state index is 0.155. The van der Waals surface area contributed by atoms with Gasteiger partial charge in [-0.3, -0.25) is 0 Å². The molecule has 0 aliphatic heterocycles. The topological polar surface area (TPSA) is 80.9 Å². The fourth-order valence-electron chi connectivity index (χ4n) is 2.48. The standard InChI is InChI=1S/C16H30.2C2H6O.2CH4O/c1-13(2)11-15(5,6)9-10-16(7,8)12-14(3)4;2*1-2-3;2*1-2/h13-14H,11-12H2,1-8H3;2*3H,2H2,1H3;2*2H,1H3. The second-order valence-electron chi connectivity index (χ2n) is 7.85. The maximum absolute atomic E-state index is 7.57. The zero-order valence-electron chi connectivity index (χ0n) is 19.8. The van der Waals surface area contributed by atoms with Crippen molar-refractivity contribution >= 4 is 0 Å². The highest BCUT2D eigenvalue weighted by atomic mass is 16.3. The Morgan fingerprint density at radius 1 is 0.615 bits per heavy atom. The van der Waals surface area contributed by atoms with Crippen molar-refractivity contribution in [3.05, 3.63) is 0 Å². The minimum absolute atomic E-state index is 0.155. The van der Waals surface area contributed by atoms with E-state index < -0.39 is 0 Å². The molecule has 0 unspecified atom stereocenters. The van der Waals surface area contributed by atoms with E-state index in [0.29, 0.717) is 0 Å². The van der Waals surface area contributed by atoms with Crippen LogP contribution >= 0.6 is 0 Å².